The first-order valence-electron chi connectivity index (χ1n) is 9.72. The Bertz CT molecular complexity index is 967. The highest BCUT2D eigenvalue weighted by Crippen LogP contribution is 2.30. The second-order valence-corrected chi connectivity index (χ2v) is 7.39. The van der Waals surface area contributed by atoms with Crippen LogP contribution in [0.3, 0.4) is 0 Å². The number of nitro groups is 1. The fourth-order valence-corrected chi connectivity index (χ4v) is 4.26. The van der Waals surface area contributed by atoms with Crippen molar-refractivity contribution in [1.82, 2.24) is 14.8 Å². The van der Waals surface area contributed by atoms with Gasteiger partial charge in [-0.25, -0.2) is 0 Å². The Labute approximate surface area is 174 Å². The van der Waals surface area contributed by atoms with Gasteiger partial charge in [-0.05, 0) is 45.0 Å². The number of aromatic nitrogens is 3. The molecule has 0 amide bonds. The molecule has 7 nitrogen and oxygen atoms in total. The Morgan fingerprint density at radius 1 is 1.03 bits per heavy atom. The molecule has 152 valence electrons. The number of rotatable bonds is 9. The normalized spacial score (nSPS) is 10.9. The molecular formula is C21H25N5O2S. The first kappa shape index (κ1) is 20.9. The van der Waals surface area contributed by atoms with Crippen LogP contribution in [0.4, 0.5) is 11.4 Å². The lowest BCUT2D eigenvalue weighted by Crippen LogP contribution is -2.21. The number of nitrogens with zero attached hydrogens (tertiary/aromatic N) is 5. The van der Waals surface area contributed by atoms with Crippen molar-refractivity contribution in [3.8, 4) is 11.4 Å². The van der Waals surface area contributed by atoms with E-state index in [4.69, 9.17) is 0 Å². The van der Waals surface area contributed by atoms with Gasteiger partial charge in [0, 0.05) is 48.3 Å². The molecular weight excluding hydrogens is 386 g/mol. The van der Waals surface area contributed by atoms with E-state index in [0.29, 0.717) is 11.3 Å². The second-order valence-electron chi connectivity index (χ2n) is 6.44. The molecule has 29 heavy (non-hydrogen) atoms. The summed E-state index contributed by atoms with van der Waals surface area (Å²) in [4.78, 5) is 13.2. The number of anilines is 1. The van der Waals surface area contributed by atoms with E-state index >= 15 is 0 Å². The van der Waals surface area contributed by atoms with Gasteiger partial charge in [0.2, 0.25) is 0 Å². The van der Waals surface area contributed by atoms with Crippen LogP contribution in [0.2, 0.25) is 0 Å². The second kappa shape index (κ2) is 9.56. The molecule has 1 aromatic heterocycles. The Kier molecular flexibility index (Phi) is 6.87. The summed E-state index contributed by atoms with van der Waals surface area (Å²) >= 11 is 1.46. The van der Waals surface area contributed by atoms with E-state index in [2.05, 4.69) is 53.2 Å². The fourth-order valence-electron chi connectivity index (χ4n) is 3.26. The van der Waals surface area contributed by atoms with Crippen molar-refractivity contribution in [2.45, 2.75) is 38.2 Å². The zero-order valence-electron chi connectivity index (χ0n) is 16.9. The van der Waals surface area contributed by atoms with Crippen molar-refractivity contribution >= 4 is 23.1 Å². The van der Waals surface area contributed by atoms with Crippen molar-refractivity contribution in [1.29, 1.82) is 0 Å². The summed E-state index contributed by atoms with van der Waals surface area (Å²) in [6.45, 7) is 8.99. The van der Waals surface area contributed by atoms with Crippen molar-refractivity contribution in [2.75, 3.05) is 18.0 Å². The highest BCUT2D eigenvalue weighted by atomic mass is 32.2. The minimum atomic E-state index is -0.344. The predicted octanol–water partition coefficient (Wildman–Crippen LogP) is 5.01. The molecule has 0 spiro atoms. The van der Waals surface area contributed by atoms with Gasteiger partial charge in [0.25, 0.3) is 5.69 Å². The molecule has 0 aliphatic heterocycles. The molecule has 2 aromatic carbocycles. The lowest BCUT2D eigenvalue weighted by molar-refractivity contribution is -0.385. The molecule has 0 aliphatic carbocycles. The van der Waals surface area contributed by atoms with E-state index in [1.165, 1.54) is 23.5 Å². The number of para-hydroxylation sites is 1. The maximum atomic E-state index is 11.2. The Morgan fingerprint density at radius 2 is 1.72 bits per heavy atom. The van der Waals surface area contributed by atoms with Crippen molar-refractivity contribution in [2.24, 2.45) is 0 Å². The van der Waals surface area contributed by atoms with Crippen molar-refractivity contribution in [3.63, 3.8) is 0 Å². The van der Waals surface area contributed by atoms with E-state index in [-0.39, 0.29) is 10.6 Å². The third-order valence-corrected chi connectivity index (χ3v) is 5.85. The van der Waals surface area contributed by atoms with Gasteiger partial charge in [-0.1, -0.05) is 30.0 Å². The minimum absolute atomic E-state index is 0.134. The number of nitro benzene ring substituents is 1. The Morgan fingerprint density at radius 3 is 2.34 bits per heavy atom. The average Bonchev–Trinajstić information content (AvgIpc) is 3.16. The quantitative estimate of drug-likeness (QED) is 0.280. The van der Waals surface area contributed by atoms with E-state index in [1.807, 2.05) is 17.6 Å². The van der Waals surface area contributed by atoms with Crippen LogP contribution in [-0.2, 0) is 12.3 Å². The number of hydrogen-bond donors (Lipinski definition) is 0. The van der Waals surface area contributed by atoms with Crippen LogP contribution in [0.15, 0.2) is 53.7 Å². The summed E-state index contributed by atoms with van der Waals surface area (Å²) < 4.78 is 2.05. The molecule has 0 bridgehead atoms. The van der Waals surface area contributed by atoms with Gasteiger partial charge in [-0.15, -0.1) is 10.2 Å². The lowest BCUT2D eigenvalue weighted by atomic mass is 10.2. The van der Waals surface area contributed by atoms with Gasteiger partial charge >= 0.3 is 0 Å². The van der Waals surface area contributed by atoms with Gasteiger partial charge in [0.1, 0.15) is 0 Å². The van der Waals surface area contributed by atoms with E-state index < -0.39 is 0 Å². The van der Waals surface area contributed by atoms with Crippen LogP contribution in [0.5, 0.6) is 0 Å². The van der Waals surface area contributed by atoms with Crippen LogP contribution in [-0.4, -0.2) is 32.8 Å². The zero-order valence-corrected chi connectivity index (χ0v) is 17.7. The Balaban J connectivity index is 1.81. The Hall–Kier alpha value is -2.87. The van der Waals surface area contributed by atoms with Gasteiger partial charge < -0.3 is 9.47 Å². The van der Waals surface area contributed by atoms with Gasteiger partial charge in [-0.3, -0.25) is 10.1 Å². The van der Waals surface area contributed by atoms with Gasteiger partial charge in [-0.2, -0.15) is 0 Å². The highest BCUT2D eigenvalue weighted by Gasteiger charge is 2.17. The summed E-state index contributed by atoms with van der Waals surface area (Å²) in [5.74, 6) is 1.28. The fraction of sp³-hybridized carbons (Fsp3) is 0.333. The average molecular weight is 412 g/mol. The van der Waals surface area contributed by atoms with Crippen LogP contribution in [0.1, 0.15) is 26.3 Å². The van der Waals surface area contributed by atoms with Crippen LogP contribution < -0.4 is 4.90 Å². The molecule has 0 unspecified atom stereocenters. The molecule has 0 radical (unpaired) electrons. The summed E-state index contributed by atoms with van der Waals surface area (Å²) in [6.07, 6.45) is 0. The maximum Gasteiger partial charge on any atom is 0.273 e. The first-order chi connectivity index (χ1) is 14.1. The van der Waals surface area contributed by atoms with Crippen molar-refractivity contribution in [3.05, 3.63) is 64.2 Å². The topological polar surface area (TPSA) is 77.1 Å². The van der Waals surface area contributed by atoms with Crippen LogP contribution in [0.25, 0.3) is 11.4 Å². The molecule has 0 atom stereocenters. The molecule has 3 rings (SSSR count). The highest BCUT2D eigenvalue weighted by molar-refractivity contribution is 7.98. The van der Waals surface area contributed by atoms with E-state index in [9.17, 15) is 10.1 Å². The number of hydrogen-bond acceptors (Lipinski definition) is 6. The lowest BCUT2D eigenvalue weighted by Gasteiger charge is -2.21. The molecule has 0 N–H and O–H groups in total. The summed E-state index contributed by atoms with van der Waals surface area (Å²) in [5, 5.41) is 20.7. The SMILES string of the molecule is CCN(CC)c1ccc(-c2nnc(SCc3ccccc3[N+](=O)[O-])n2CC)cc1. The molecule has 0 saturated carbocycles. The van der Waals surface area contributed by atoms with Crippen LogP contribution >= 0.6 is 11.8 Å². The third kappa shape index (κ3) is 4.59. The van der Waals surface area contributed by atoms with Gasteiger partial charge in [0.15, 0.2) is 11.0 Å². The largest absolute Gasteiger partial charge is 0.372 e. The summed E-state index contributed by atoms with van der Waals surface area (Å²) in [5.41, 5.74) is 3.01. The van der Waals surface area contributed by atoms with Gasteiger partial charge in [0.05, 0.1) is 4.92 Å². The predicted molar refractivity (Wildman–Crippen MR) is 117 cm³/mol. The molecule has 0 fully saturated rings. The monoisotopic (exact) mass is 411 g/mol. The summed E-state index contributed by atoms with van der Waals surface area (Å²) in [6, 6.07) is 15.2. The standard InChI is InChI=1S/C21H25N5O2S/c1-4-24(5-2)18-13-11-16(12-14-18)20-22-23-21(25(20)6-3)29-15-17-9-7-8-10-19(17)26(27)28/h7-14H,4-6,15H2,1-3H3. The smallest absolute Gasteiger partial charge is 0.273 e. The first-order valence-corrected chi connectivity index (χ1v) is 10.7. The number of thioether (sulfide) groups is 1. The van der Waals surface area contributed by atoms with Crippen molar-refractivity contribution < 1.29 is 4.92 Å². The zero-order chi connectivity index (χ0) is 20.8. The van der Waals surface area contributed by atoms with E-state index in [0.717, 1.165) is 36.2 Å². The minimum Gasteiger partial charge on any atom is -0.372 e. The summed E-state index contributed by atoms with van der Waals surface area (Å²) in [7, 11) is 0. The molecule has 0 saturated heterocycles. The third-order valence-electron chi connectivity index (χ3n) is 4.83. The molecule has 8 heteroatoms. The molecule has 3 aromatic rings. The number of benzene rings is 2. The van der Waals surface area contributed by atoms with Crippen LogP contribution in [0, 0.1) is 10.1 Å². The van der Waals surface area contributed by atoms with E-state index in [1.54, 1.807) is 12.1 Å². The molecule has 1 heterocycles. The maximum absolute atomic E-state index is 11.2. The molecule has 0 aliphatic rings.